The van der Waals surface area contributed by atoms with Gasteiger partial charge in [-0.1, -0.05) is 0 Å². The van der Waals surface area contributed by atoms with Gasteiger partial charge in [0.1, 0.15) is 6.04 Å². The van der Waals surface area contributed by atoms with E-state index in [0.717, 1.165) is 4.90 Å². The quantitative estimate of drug-likeness (QED) is 0.858. The summed E-state index contributed by atoms with van der Waals surface area (Å²) in [5.41, 5.74) is 6.54. The van der Waals surface area contributed by atoms with E-state index in [4.69, 9.17) is 5.73 Å². The molecule has 0 aliphatic carbocycles. The first kappa shape index (κ1) is 14.6. The van der Waals surface area contributed by atoms with Crippen molar-refractivity contribution in [1.29, 1.82) is 0 Å². The third-order valence-electron chi connectivity index (χ3n) is 3.31. The molecule has 2 N–H and O–H groups in total. The number of carbonyl (C=O) groups excluding carboxylic acids is 3. The zero-order chi connectivity index (χ0) is 15.0. The maximum absolute atomic E-state index is 12.3. The van der Waals surface area contributed by atoms with E-state index in [0.29, 0.717) is 11.3 Å². The molecule has 20 heavy (non-hydrogen) atoms. The molecule has 1 heterocycles. The molecule has 1 aromatic rings. The van der Waals surface area contributed by atoms with Crippen LogP contribution in [0.3, 0.4) is 0 Å². The molecule has 1 aromatic carbocycles. The fourth-order valence-electron chi connectivity index (χ4n) is 2.11. The van der Waals surface area contributed by atoms with Crippen molar-refractivity contribution in [3.63, 3.8) is 0 Å². The number of hydrogen-bond donors (Lipinski definition) is 1. The van der Waals surface area contributed by atoms with Gasteiger partial charge in [-0.25, -0.2) is 0 Å². The largest absolute Gasteiger partial charge is 0.368 e. The number of primary amides is 1. The van der Waals surface area contributed by atoms with Gasteiger partial charge < -0.3 is 5.73 Å². The highest BCUT2D eigenvalue weighted by atomic mass is 32.2. The molecule has 2 rings (SSSR count). The number of fused-ring (bicyclic) bond motifs is 1. The molecule has 0 saturated heterocycles. The number of rotatable bonds is 3. The lowest BCUT2D eigenvalue weighted by Crippen LogP contribution is -2.50. The normalized spacial score (nSPS) is 19.4. The number of carbonyl (C=O) groups is 3. The van der Waals surface area contributed by atoms with Gasteiger partial charge >= 0.3 is 0 Å². The number of ketones is 1. The van der Waals surface area contributed by atoms with Crippen molar-refractivity contribution >= 4 is 35.0 Å². The monoisotopic (exact) mass is 292 g/mol. The Kier molecular flexibility index (Phi) is 3.85. The molecule has 6 heteroatoms. The van der Waals surface area contributed by atoms with Gasteiger partial charge in [0.05, 0.1) is 10.9 Å². The summed E-state index contributed by atoms with van der Waals surface area (Å²) < 4.78 is 0. The molecule has 2 amide bonds. The van der Waals surface area contributed by atoms with E-state index in [2.05, 4.69) is 0 Å². The predicted octanol–water partition coefficient (Wildman–Crippen LogP) is 1.59. The summed E-state index contributed by atoms with van der Waals surface area (Å²) in [4.78, 5) is 37.4. The molecule has 0 bridgehead atoms. The van der Waals surface area contributed by atoms with Crippen molar-refractivity contribution in [3.8, 4) is 0 Å². The Hall–Kier alpha value is -1.82. The van der Waals surface area contributed by atoms with Crippen molar-refractivity contribution in [2.75, 3.05) is 4.90 Å². The van der Waals surface area contributed by atoms with Crippen LogP contribution in [-0.2, 0) is 9.59 Å². The van der Waals surface area contributed by atoms with Gasteiger partial charge in [-0.15, -0.1) is 11.8 Å². The number of hydrogen-bond acceptors (Lipinski definition) is 4. The van der Waals surface area contributed by atoms with Crippen LogP contribution in [0.1, 0.15) is 31.1 Å². The molecule has 0 saturated carbocycles. The summed E-state index contributed by atoms with van der Waals surface area (Å²) in [6.07, 6.45) is 0. The van der Waals surface area contributed by atoms with Crippen LogP contribution in [0, 0.1) is 0 Å². The maximum atomic E-state index is 12.3. The smallest absolute Gasteiger partial charge is 0.240 e. The minimum Gasteiger partial charge on any atom is -0.368 e. The fraction of sp³-hybridized carbons (Fsp3) is 0.357. The van der Waals surface area contributed by atoms with Crippen LogP contribution in [0.5, 0.6) is 0 Å². The van der Waals surface area contributed by atoms with Gasteiger partial charge in [-0.05, 0) is 39.0 Å². The maximum Gasteiger partial charge on any atom is 0.240 e. The standard InChI is InChI=1S/C14H16N2O3S/c1-7(13(15)18)16-11-5-4-10(8(2)17)6-12(11)20-9(3)14(16)19/h4-7,9H,1-3H3,(H2,15,18). The van der Waals surface area contributed by atoms with E-state index in [9.17, 15) is 14.4 Å². The molecule has 1 aliphatic rings. The van der Waals surface area contributed by atoms with Crippen LogP contribution in [-0.4, -0.2) is 28.9 Å². The van der Waals surface area contributed by atoms with Crippen LogP contribution in [0.2, 0.25) is 0 Å². The highest BCUT2D eigenvalue weighted by Crippen LogP contribution is 2.40. The Morgan fingerprint density at radius 3 is 2.60 bits per heavy atom. The zero-order valence-corrected chi connectivity index (χ0v) is 12.4. The number of amides is 2. The van der Waals surface area contributed by atoms with Gasteiger partial charge in [0.25, 0.3) is 0 Å². The van der Waals surface area contributed by atoms with Crippen molar-refractivity contribution in [3.05, 3.63) is 23.8 Å². The molecule has 0 fully saturated rings. The minimum absolute atomic E-state index is 0.0348. The van der Waals surface area contributed by atoms with Crippen molar-refractivity contribution in [2.24, 2.45) is 5.73 Å². The Bertz CT molecular complexity index is 600. The van der Waals surface area contributed by atoms with Gasteiger partial charge in [-0.2, -0.15) is 0 Å². The van der Waals surface area contributed by atoms with E-state index < -0.39 is 11.9 Å². The van der Waals surface area contributed by atoms with Gasteiger partial charge in [0, 0.05) is 10.5 Å². The average Bonchev–Trinajstić information content (AvgIpc) is 2.38. The third kappa shape index (κ3) is 2.43. The molecule has 2 unspecified atom stereocenters. The summed E-state index contributed by atoms with van der Waals surface area (Å²) in [7, 11) is 0. The number of nitrogens with two attached hydrogens (primary N) is 1. The number of anilines is 1. The molecule has 5 nitrogen and oxygen atoms in total. The summed E-state index contributed by atoms with van der Waals surface area (Å²) in [6, 6.07) is 4.40. The van der Waals surface area contributed by atoms with E-state index >= 15 is 0 Å². The van der Waals surface area contributed by atoms with Crippen LogP contribution >= 0.6 is 11.8 Å². The van der Waals surface area contributed by atoms with Gasteiger partial charge in [-0.3, -0.25) is 19.3 Å². The number of thioether (sulfide) groups is 1. The molecule has 2 atom stereocenters. The second-order valence-electron chi connectivity index (χ2n) is 4.79. The van der Waals surface area contributed by atoms with E-state index in [1.807, 2.05) is 0 Å². The highest BCUT2D eigenvalue weighted by molar-refractivity contribution is 8.01. The summed E-state index contributed by atoms with van der Waals surface area (Å²) >= 11 is 1.39. The third-order valence-corrected chi connectivity index (χ3v) is 4.45. The van der Waals surface area contributed by atoms with E-state index in [1.54, 1.807) is 32.0 Å². The first-order chi connectivity index (χ1) is 9.32. The Morgan fingerprint density at radius 2 is 2.05 bits per heavy atom. The summed E-state index contributed by atoms with van der Waals surface area (Å²) in [5, 5.41) is -0.313. The van der Waals surface area contributed by atoms with Crippen LogP contribution < -0.4 is 10.6 Å². The fourth-order valence-corrected chi connectivity index (χ4v) is 3.19. The lowest BCUT2D eigenvalue weighted by molar-refractivity contribution is -0.124. The zero-order valence-electron chi connectivity index (χ0n) is 11.5. The lowest BCUT2D eigenvalue weighted by atomic mass is 10.1. The van der Waals surface area contributed by atoms with Crippen molar-refractivity contribution in [1.82, 2.24) is 0 Å². The molecule has 0 spiro atoms. The number of nitrogens with zero attached hydrogens (tertiary/aromatic N) is 1. The molecule has 0 radical (unpaired) electrons. The first-order valence-electron chi connectivity index (χ1n) is 6.27. The number of Topliss-reactive ketones (excluding diaryl/α,β-unsaturated/α-hetero) is 1. The van der Waals surface area contributed by atoms with E-state index in [1.165, 1.54) is 23.6 Å². The van der Waals surface area contributed by atoms with Crippen LogP contribution in [0.25, 0.3) is 0 Å². The second kappa shape index (κ2) is 5.28. The lowest BCUT2D eigenvalue weighted by Gasteiger charge is -2.35. The van der Waals surface area contributed by atoms with Crippen molar-refractivity contribution in [2.45, 2.75) is 37.0 Å². The average molecular weight is 292 g/mol. The van der Waals surface area contributed by atoms with Gasteiger partial charge in [0.2, 0.25) is 11.8 Å². The van der Waals surface area contributed by atoms with Crippen molar-refractivity contribution < 1.29 is 14.4 Å². The van der Waals surface area contributed by atoms with E-state index in [-0.39, 0.29) is 16.9 Å². The molecule has 1 aliphatic heterocycles. The Morgan fingerprint density at radius 1 is 1.40 bits per heavy atom. The molecular formula is C14H16N2O3S. The highest BCUT2D eigenvalue weighted by Gasteiger charge is 2.35. The van der Waals surface area contributed by atoms with Gasteiger partial charge in [0.15, 0.2) is 5.78 Å². The summed E-state index contributed by atoms with van der Waals surface area (Å²) in [6.45, 7) is 4.87. The SMILES string of the molecule is CC(=O)c1ccc2c(c1)SC(C)C(=O)N2C(C)C(N)=O. The topological polar surface area (TPSA) is 80.5 Å². The predicted molar refractivity (Wildman–Crippen MR) is 77.9 cm³/mol. The second-order valence-corrected chi connectivity index (χ2v) is 6.17. The summed E-state index contributed by atoms with van der Waals surface area (Å²) in [5.74, 6) is -0.740. The molecule has 106 valence electrons. The minimum atomic E-state index is -0.715. The van der Waals surface area contributed by atoms with Crippen LogP contribution in [0.4, 0.5) is 5.69 Å². The Balaban J connectivity index is 2.53. The molecule has 0 aromatic heterocycles. The molecular weight excluding hydrogens is 276 g/mol. The first-order valence-corrected chi connectivity index (χ1v) is 7.15. The number of benzene rings is 1. The van der Waals surface area contributed by atoms with Crippen LogP contribution in [0.15, 0.2) is 23.1 Å². The Labute approximate surface area is 121 Å².